The maximum Gasteiger partial charge on any atom is 0.323 e. The van der Waals surface area contributed by atoms with Gasteiger partial charge in [-0.05, 0) is 31.9 Å². The molecule has 0 aliphatic carbocycles. The van der Waals surface area contributed by atoms with E-state index in [1.54, 1.807) is 6.92 Å². The Morgan fingerprint density at radius 3 is 2.81 bits per heavy atom. The summed E-state index contributed by atoms with van der Waals surface area (Å²) in [5.74, 6) is 0.106. The fraction of sp³-hybridized carbons (Fsp3) is 0.429. The molecule has 0 saturated carbocycles. The lowest BCUT2D eigenvalue weighted by molar-refractivity contribution is -0.137. The molecule has 3 heterocycles. The fourth-order valence-electron chi connectivity index (χ4n) is 3.66. The molecule has 4 rings (SSSR count). The summed E-state index contributed by atoms with van der Waals surface area (Å²) in [6.07, 6.45) is 1.95. The molecule has 1 unspecified atom stereocenters. The number of nitrogens with one attached hydrogen (secondary N) is 2. The molecular formula is C21H27N7O3. The number of aliphatic hydroxyl groups is 1. The molecule has 31 heavy (non-hydrogen) atoms. The van der Waals surface area contributed by atoms with Crippen molar-refractivity contribution in [1.82, 2.24) is 24.8 Å². The Hall–Kier alpha value is -3.24. The Balaban J connectivity index is 1.65. The average Bonchev–Trinajstić information content (AvgIpc) is 3.34. The van der Waals surface area contributed by atoms with Crippen molar-refractivity contribution < 1.29 is 15.0 Å². The number of carboxylic acid groups (broad SMARTS) is 1. The number of carboxylic acids is 1. The van der Waals surface area contributed by atoms with Crippen LogP contribution in [-0.4, -0.2) is 67.5 Å². The molecule has 0 amide bonds. The quantitative estimate of drug-likeness (QED) is 0.376. The predicted octanol–water partition coefficient (Wildman–Crippen LogP) is 1.38. The summed E-state index contributed by atoms with van der Waals surface area (Å²) >= 11 is 0. The molecule has 2 atom stereocenters. The Kier molecular flexibility index (Phi) is 6.01. The van der Waals surface area contributed by atoms with Crippen molar-refractivity contribution in [3.63, 3.8) is 0 Å². The summed E-state index contributed by atoms with van der Waals surface area (Å²) < 4.78 is 1.52. The third-order valence-corrected chi connectivity index (χ3v) is 5.49. The number of hydrogen-bond donors (Lipinski definition) is 4. The standard InChI is InChI=1S/C21H27N7O3/c1-13(14(2)29)22-8-9-23-21-25-19-18(24-12-27(19)11-17(30)31)20(26-21)28-10-7-15-5-3-4-6-16(15)28/h3-6,12-14,22,29H,7-11H2,1-2H3,(H,30,31)(H,23,25,26)/t13-,14?/m1/s1. The molecule has 164 valence electrons. The van der Waals surface area contributed by atoms with E-state index < -0.39 is 12.1 Å². The van der Waals surface area contributed by atoms with E-state index in [0.717, 1.165) is 18.7 Å². The van der Waals surface area contributed by atoms with Crippen molar-refractivity contribution in [2.24, 2.45) is 0 Å². The Bertz CT molecular complexity index is 1080. The van der Waals surface area contributed by atoms with Gasteiger partial charge >= 0.3 is 5.97 Å². The highest BCUT2D eigenvalue weighted by molar-refractivity contribution is 5.89. The highest BCUT2D eigenvalue weighted by atomic mass is 16.4. The molecule has 4 N–H and O–H groups in total. The van der Waals surface area contributed by atoms with Gasteiger partial charge in [-0.3, -0.25) is 4.79 Å². The Morgan fingerprint density at radius 2 is 2.03 bits per heavy atom. The number of fused-ring (bicyclic) bond motifs is 2. The number of benzene rings is 1. The van der Waals surface area contributed by atoms with E-state index in [-0.39, 0.29) is 12.6 Å². The summed E-state index contributed by atoms with van der Waals surface area (Å²) in [7, 11) is 0. The number of nitrogens with zero attached hydrogens (tertiary/aromatic N) is 5. The number of rotatable bonds is 9. The minimum absolute atomic E-state index is 0.0288. The van der Waals surface area contributed by atoms with E-state index >= 15 is 0 Å². The van der Waals surface area contributed by atoms with Gasteiger partial charge in [-0.15, -0.1) is 0 Å². The lowest BCUT2D eigenvalue weighted by atomic mass is 10.2. The number of para-hydroxylation sites is 1. The van der Waals surface area contributed by atoms with Gasteiger partial charge in [0.25, 0.3) is 0 Å². The first-order valence-corrected chi connectivity index (χ1v) is 10.4. The molecule has 0 bridgehead atoms. The van der Waals surface area contributed by atoms with E-state index in [9.17, 15) is 15.0 Å². The zero-order valence-electron chi connectivity index (χ0n) is 17.6. The minimum Gasteiger partial charge on any atom is -0.480 e. The van der Waals surface area contributed by atoms with E-state index in [0.29, 0.717) is 36.0 Å². The molecule has 2 aromatic heterocycles. The van der Waals surface area contributed by atoms with Crippen LogP contribution in [0.5, 0.6) is 0 Å². The van der Waals surface area contributed by atoms with Gasteiger partial charge in [0.1, 0.15) is 6.54 Å². The smallest absolute Gasteiger partial charge is 0.323 e. The summed E-state index contributed by atoms with van der Waals surface area (Å²) in [6, 6.07) is 8.14. The lowest BCUT2D eigenvalue weighted by Gasteiger charge is -2.20. The highest BCUT2D eigenvalue weighted by Gasteiger charge is 2.25. The maximum absolute atomic E-state index is 11.3. The zero-order chi connectivity index (χ0) is 22.0. The lowest BCUT2D eigenvalue weighted by Crippen LogP contribution is -2.38. The number of aliphatic hydroxyl groups excluding tert-OH is 1. The molecule has 1 aliphatic rings. The van der Waals surface area contributed by atoms with Crippen LogP contribution in [0, 0.1) is 0 Å². The van der Waals surface area contributed by atoms with E-state index in [1.807, 2.05) is 19.1 Å². The molecule has 10 nitrogen and oxygen atoms in total. The number of carbonyl (C=O) groups is 1. The van der Waals surface area contributed by atoms with Crippen LogP contribution in [-0.2, 0) is 17.8 Å². The monoisotopic (exact) mass is 425 g/mol. The molecule has 1 aromatic carbocycles. The van der Waals surface area contributed by atoms with E-state index in [4.69, 9.17) is 4.98 Å². The van der Waals surface area contributed by atoms with Crippen LogP contribution in [0.3, 0.4) is 0 Å². The number of imidazole rings is 1. The van der Waals surface area contributed by atoms with Crippen molar-refractivity contribution in [1.29, 1.82) is 0 Å². The fourth-order valence-corrected chi connectivity index (χ4v) is 3.66. The van der Waals surface area contributed by atoms with Crippen molar-refractivity contribution in [3.05, 3.63) is 36.2 Å². The van der Waals surface area contributed by atoms with Crippen molar-refractivity contribution in [3.8, 4) is 0 Å². The number of anilines is 3. The number of hydrogen-bond acceptors (Lipinski definition) is 8. The molecule has 1 aliphatic heterocycles. The molecule has 0 fully saturated rings. The Morgan fingerprint density at radius 1 is 1.23 bits per heavy atom. The van der Waals surface area contributed by atoms with Crippen molar-refractivity contribution >= 4 is 34.6 Å². The van der Waals surface area contributed by atoms with Crippen LogP contribution in [0.4, 0.5) is 17.5 Å². The number of aliphatic carboxylic acids is 1. The topological polar surface area (TPSA) is 128 Å². The second kappa shape index (κ2) is 8.86. The van der Waals surface area contributed by atoms with Gasteiger partial charge in [-0.25, -0.2) is 4.98 Å². The second-order valence-electron chi connectivity index (χ2n) is 7.75. The van der Waals surface area contributed by atoms with Gasteiger partial charge in [0, 0.05) is 31.4 Å². The van der Waals surface area contributed by atoms with Gasteiger partial charge in [0.2, 0.25) is 5.95 Å². The van der Waals surface area contributed by atoms with E-state index in [2.05, 4.69) is 37.6 Å². The third-order valence-electron chi connectivity index (χ3n) is 5.49. The molecule has 0 radical (unpaired) electrons. The van der Waals surface area contributed by atoms with Crippen LogP contribution in [0.25, 0.3) is 11.2 Å². The molecule has 3 aromatic rings. The van der Waals surface area contributed by atoms with Gasteiger partial charge in [-0.2, -0.15) is 9.97 Å². The highest BCUT2D eigenvalue weighted by Crippen LogP contribution is 2.36. The van der Waals surface area contributed by atoms with Gasteiger partial charge in [0.15, 0.2) is 17.0 Å². The SMILES string of the molecule is CC(O)[C@@H](C)NCCNc1nc(N2CCc3ccccc32)c2ncn(CC(=O)O)c2n1. The number of aromatic nitrogens is 4. The Labute approximate surface area is 180 Å². The first-order valence-electron chi connectivity index (χ1n) is 10.4. The van der Waals surface area contributed by atoms with Crippen LogP contribution in [0.1, 0.15) is 19.4 Å². The second-order valence-corrected chi connectivity index (χ2v) is 7.75. The van der Waals surface area contributed by atoms with Crippen LogP contribution in [0.15, 0.2) is 30.6 Å². The predicted molar refractivity (Wildman–Crippen MR) is 118 cm³/mol. The van der Waals surface area contributed by atoms with Crippen molar-refractivity contribution in [2.75, 3.05) is 29.9 Å². The zero-order valence-corrected chi connectivity index (χ0v) is 17.6. The molecule has 10 heteroatoms. The van der Waals surface area contributed by atoms with Crippen LogP contribution < -0.4 is 15.5 Å². The molecule has 0 spiro atoms. The largest absolute Gasteiger partial charge is 0.480 e. The summed E-state index contributed by atoms with van der Waals surface area (Å²) in [6.45, 7) is 5.36. The van der Waals surface area contributed by atoms with Crippen LogP contribution >= 0.6 is 0 Å². The van der Waals surface area contributed by atoms with Crippen LogP contribution in [0.2, 0.25) is 0 Å². The molecular weight excluding hydrogens is 398 g/mol. The van der Waals surface area contributed by atoms with Gasteiger partial charge < -0.3 is 30.3 Å². The summed E-state index contributed by atoms with van der Waals surface area (Å²) in [4.78, 5) is 27.1. The van der Waals surface area contributed by atoms with E-state index in [1.165, 1.54) is 16.5 Å². The maximum atomic E-state index is 11.3. The first-order chi connectivity index (χ1) is 14.9. The minimum atomic E-state index is -0.961. The third kappa shape index (κ3) is 4.44. The first kappa shape index (κ1) is 21.0. The van der Waals surface area contributed by atoms with Gasteiger partial charge in [0.05, 0.1) is 12.4 Å². The average molecular weight is 425 g/mol. The molecule has 0 saturated heterocycles. The normalized spacial score (nSPS) is 15.1. The van der Waals surface area contributed by atoms with Crippen molar-refractivity contribution in [2.45, 2.75) is 39.0 Å². The summed E-state index contributed by atoms with van der Waals surface area (Å²) in [5, 5.41) is 25.3. The summed E-state index contributed by atoms with van der Waals surface area (Å²) in [5.41, 5.74) is 3.37. The van der Waals surface area contributed by atoms with Gasteiger partial charge in [-0.1, -0.05) is 18.2 Å².